The van der Waals surface area contributed by atoms with E-state index in [4.69, 9.17) is 4.74 Å². The highest BCUT2D eigenvalue weighted by Gasteiger charge is 2.13. The summed E-state index contributed by atoms with van der Waals surface area (Å²) in [4.78, 5) is 21.8. The maximum absolute atomic E-state index is 11.6. The van der Waals surface area contributed by atoms with Crippen molar-refractivity contribution in [2.45, 2.75) is 0 Å². The molecule has 0 aliphatic rings. The van der Waals surface area contributed by atoms with Crippen molar-refractivity contribution in [3.8, 4) is 5.75 Å². The fraction of sp³-hybridized carbons (Fsp3) is 0.250. The van der Waals surface area contributed by atoms with Gasteiger partial charge in [-0.2, -0.15) is 0 Å². The molecule has 0 fully saturated rings. The molecule has 0 spiro atoms. The number of thioether (sulfide) groups is 1. The van der Waals surface area contributed by atoms with Crippen LogP contribution in [-0.2, 0) is 4.79 Å². The van der Waals surface area contributed by atoms with Crippen LogP contribution in [0.5, 0.6) is 5.75 Å². The number of benzene rings is 1. The number of carbonyl (C=O) groups excluding carboxylic acids is 1. The number of non-ortho nitro benzene ring substituents is 1. The van der Waals surface area contributed by atoms with E-state index in [9.17, 15) is 14.9 Å². The molecule has 0 aliphatic carbocycles. The number of nitrogens with zero attached hydrogens (tertiary/aromatic N) is 1. The van der Waals surface area contributed by atoms with Crippen molar-refractivity contribution in [1.82, 2.24) is 0 Å². The molecule has 6 nitrogen and oxygen atoms in total. The SMILES string of the molecule is C=CCSCC(=O)Nc1cc([N+](=O)[O-])ccc1OC. The molecule has 1 amide bonds. The first-order chi connectivity index (χ1) is 9.08. The smallest absolute Gasteiger partial charge is 0.271 e. The van der Waals surface area contributed by atoms with E-state index in [1.807, 2.05) is 0 Å². The van der Waals surface area contributed by atoms with Crippen molar-refractivity contribution >= 4 is 29.0 Å². The van der Waals surface area contributed by atoms with Crippen LogP contribution in [0.4, 0.5) is 11.4 Å². The molecule has 102 valence electrons. The number of nitro groups is 1. The van der Waals surface area contributed by atoms with Crippen molar-refractivity contribution in [1.29, 1.82) is 0 Å². The number of anilines is 1. The standard InChI is InChI=1S/C12H14N2O4S/c1-3-6-19-8-12(15)13-10-7-9(14(16)17)4-5-11(10)18-2/h3-5,7H,1,6,8H2,2H3,(H,13,15). The molecule has 0 aliphatic heterocycles. The molecule has 1 N–H and O–H groups in total. The summed E-state index contributed by atoms with van der Waals surface area (Å²) in [5.41, 5.74) is 0.191. The molecular weight excluding hydrogens is 268 g/mol. The number of carbonyl (C=O) groups is 1. The minimum absolute atomic E-state index is 0.102. The molecule has 0 atom stereocenters. The third-order valence-electron chi connectivity index (χ3n) is 2.14. The summed E-state index contributed by atoms with van der Waals surface area (Å²) in [6.07, 6.45) is 1.70. The molecule has 0 radical (unpaired) electrons. The van der Waals surface area contributed by atoms with Gasteiger partial charge in [0.1, 0.15) is 5.75 Å². The van der Waals surface area contributed by atoms with Crippen LogP contribution < -0.4 is 10.1 Å². The third-order valence-corrected chi connectivity index (χ3v) is 3.07. The molecule has 0 saturated heterocycles. The predicted molar refractivity (Wildman–Crippen MR) is 75.8 cm³/mol. The maximum atomic E-state index is 11.6. The van der Waals surface area contributed by atoms with Gasteiger partial charge < -0.3 is 10.1 Å². The molecule has 1 aromatic carbocycles. The van der Waals surface area contributed by atoms with Gasteiger partial charge in [-0.25, -0.2) is 0 Å². The summed E-state index contributed by atoms with van der Waals surface area (Å²) >= 11 is 1.40. The van der Waals surface area contributed by atoms with Gasteiger partial charge in [-0.05, 0) is 6.07 Å². The number of rotatable bonds is 7. The van der Waals surface area contributed by atoms with Gasteiger partial charge in [-0.3, -0.25) is 14.9 Å². The van der Waals surface area contributed by atoms with Gasteiger partial charge in [0.2, 0.25) is 5.91 Å². The number of amides is 1. The second-order valence-electron chi connectivity index (χ2n) is 3.49. The van der Waals surface area contributed by atoms with Crippen LogP contribution in [0.25, 0.3) is 0 Å². The van der Waals surface area contributed by atoms with Crippen molar-refractivity contribution in [3.05, 3.63) is 41.0 Å². The Balaban J connectivity index is 2.79. The average molecular weight is 282 g/mol. The molecule has 19 heavy (non-hydrogen) atoms. The van der Waals surface area contributed by atoms with E-state index in [-0.39, 0.29) is 17.3 Å². The topological polar surface area (TPSA) is 81.5 Å². The summed E-state index contributed by atoms with van der Waals surface area (Å²) in [5.74, 6) is 1.05. The first-order valence-electron chi connectivity index (χ1n) is 5.39. The third kappa shape index (κ3) is 4.63. The highest BCUT2D eigenvalue weighted by atomic mass is 32.2. The molecular formula is C12H14N2O4S. The minimum atomic E-state index is -0.526. The summed E-state index contributed by atoms with van der Waals surface area (Å²) < 4.78 is 5.05. The van der Waals surface area contributed by atoms with E-state index in [0.717, 1.165) is 0 Å². The van der Waals surface area contributed by atoms with Crippen LogP contribution >= 0.6 is 11.8 Å². The molecule has 1 rings (SSSR count). The second kappa shape index (κ2) is 7.42. The highest BCUT2D eigenvalue weighted by Crippen LogP contribution is 2.28. The lowest BCUT2D eigenvalue weighted by Crippen LogP contribution is -2.15. The number of nitro benzene ring substituents is 1. The summed E-state index contributed by atoms with van der Waals surface area (Å²) in [6.45, 7) is 3.55. The van der Waals surface area contributed by atoms with Crippen LogP contribution in [0.1, 0.15) is 0 Å². The monoisotopic (exact) mass is 282 g/mol. The molecule has 0 aromatic heterocycles. The number of hydrogen-bond donors (Lipinski definition) is 1. The molecule has 7 heteroatoms. The van der Waals surface area contributed by atoms with Gasteiger partial charge >= 0.3 is 0 Å². The largest absolute Gasteiger partial charge is 0.495 e. The molecule has 0 bridgehead atoms. The fourth-order valence-electron chi connectivity index (χ4n) is 1.33. The van der Waals surface area contributed by atoms with Gasteiger partial charge in [0.05, 0.1) is 23.5 Å². The Hall–Kier alpha value is -2.02. The Labute approximate surface area is 115 Å². The van der Waals surface area contributed by atoms with Crippen LogP contribution in [0.15, 0.2) is 30.9 Å². The predicted octanol–water partition coefficient (Wildman–Crippen LogP) is 2.46. The lowest BCUT2D eigenvalue weighted by Gasteiger charge is -2.09. The van der Waals surface area contributed by atoms with E-state index in [1.165, 1.54) is 37.1 Å². The Morgan fingerprint density at radius 1 is 1.63 bits per heavy atom. The van der Waals surface area contributed by atoms with Crippen LogP contribution in [0.3, 0.4) is 0 Å². The molecule has 1 aromatic rings. The van der Waals surface area contributed by atoms with Gasteiger partial charge in [-0.1, -0.05) is 6.08 Å². The van der Waals surface area contributed by atoms with E-state index in [0.29, 0.717) is 17.2 Å². The highest BCUT2D eigenvalue weighted by molar-refractivity contribution is 8.00. The lowest BCUT2D eigenvalue weighted by molar-refractivity contribution is -0.384. The number of hydrogen-bond acceptors (Lipinski definition) is 5. The van der Waals surface area contributed by atoms with Crippen molar-refractivity contribution in [2.75, 3.05) is 23.9 Å². The molecule has 0 unspecified atom stereocenters. The summed E-state index contributed by atoms with van der Waals surface area (Å²) in [6, 6.07) is 4.04. The van der Waals surface area contributed by atoms with E-state index < -0.39 is 4.92 Å². The Morgan fingerprint density at radius 3 is 2.95 bits per heavy atom. The Bertz CT molecular complexity index is 491. The number of ether oxygens (including phenoxy) is 1. The van der Waals surface area contributed by atoms with E-state index in [2.05, 4.69) is 11.9 Å². The van der Waals surface area contributed by atoms with Crippen molar-refractivity contribution in [2.24, 2.45) is 0 Å². The van der Waals surface area contributed by atoms with Crippen LogP contribution in [0.2, 0.25) is 0 Å². The van der Waals surface area contributed by atoms with Gasteiger partial charge in [0, 0.05) is 17.9 Å². The van der Waals surface area contributed by atoms with Crippen molar-refractivity contribution in [3.63, 3.8) is 0 Å². The minimum Gasteiger partial charge on any atom is -0.495 e. The van der Waals surface area contributed by atoms with Crippen LogP contribution in [-0.4, -0.2) is 29.4 Å². The van der Waals surface area contributed by atoms with Crippen molar-refractivity contribution < 1.29 is 14.5 Å². The summed E-state index contributed by atoms with van der Waals surface area (Å²) in [7, 11) is 1.43. The zero-order valence-electron chi connectivity index (χ0n) is 10.4. The van der Waals surface area contributed by atoms with E-state index in [1.54, 1.807) is 6.08 Å². The Kier molecular flexibility index (Phi) is 5.87. The fourth-order valence-corrected chi connectivity index (χ4v) is 1.87. The normalized spacial score (nSPS) is 9.74. The summed E-state index contributed by atoms with van der Waals surface area (Å²) in [5, 5.41) is 13.3. The average Bonchev–Trinajstić information content (AvgIpc) is 2.38. The lowest BCUT2D eigenvalue weighted by atomic mass is 10.2. The number of methoxy groups -OCH3 is 1. The second-order valence-corrected chi connectivity index (χ2v) is 4.52. The van der Waals surface area contributed by atoms with Gasteiger partial charge in [0.15, 0.2) is 0 Å². The van der Waals surface area contributed by atoms with Gasteiger partial charge in [-0.15, -0.1) is 18.3 Å². The first kappa shape index (κ1) is 15.0. The maximum Gasteiger partial charge on any atom is 0.271 e. The van der Waals surface area contributed by atoms with Gasteiger partial charge in [0.25, 0.3) is 5.69 Å². The molecule has 0 saturated carbocycles. The Morgan fingerprint density at radius 2 is 2.37 bits per heavy atom. The quantitative estimate of drug-likeness (QED) is 0.359. The number of nitrogens with one attached hydrogen (secondary N) is 1. The van der Waals surface area contributed by atoms with Crippen LogP contribution in [0, 0.1) is 10.1 Å². The van der Waals surface area contributed by atoms with E-state index >= 15 is 0 Å². The first-order valence-corrected chi connectivity index (χ1v) is 6.55. The zero-order valence-corrected chi connectivity index (χ0v) is 11.2. The molecule has 0 heterocycles. The zero-order chi connectivity index (χ0) is 14.3.